The van der Waals surface area contributed by atoms with Crippen molar-refractivity contribution in [1.82, 2.24) is 10.2 Å². The van der Waals surface area contributed by atoms with Crippen LogP contribution in [-0.4, -0.2) is 16.3 Å². The molecule has 0 unspecified atom stereocenters. The van der Waals surface area contributed by atoms with Crippen LogP contribution in [0, 0.1) is 0 Å². The summed E-state index contributed by atoms with van der Waals surface area (Å²) in [6.45, 7) is 0.221. The molecule has 1 aromatic heterocycles. The van der Waals surface area contributed by atoms with Crippen molar-refractivity contribution in [1.29, 1.82) is 0 Å². The first-order valence-electron chi connectivity index (χ1n) is 6.34. The first-order valence-corrected chi connectivity index (χ1v) is 7.13. The average Bonchev–Trinajstić information content (AvgIpc) is 2.91. The van der Waals surface area contributed by atoms with Crippen LogP contribution in [0.4, 0.5) is 10.6 Å². The molecule has 5 nitrogen and oxygen atoms in total. The minimum atomic E-state index is -0.535. The minimum absolute atomic E-state index is 0.221. The number of aromatic nitrogens is 2. The summed E-state index contributed by atoms with van der Waals surface area (Å²) in [6.07, 6.45) is -0.535. The zero-order valence-electron chi connectivity index (χ0n) is 11.0. The summed E-state index contributed by atoms with van der Waals surface area (Å²) < 4.78 is 6.05. The fraction of sp³-hybridized carbons (Fsp3) is 0.0667. The molecule has 0 radical (unpaired) electrons. The number of benzene rings is 2. The Morgan fingerprint density at radius 1 is 1.19 bits per heavy atom. The van der Waals surface area contributed by atoms with Crippen LogP contribution in [0.1, 0.15) is 5.56 Å². The fourth-order valence-electron chi connectivity index (χ4n) is 1.96. The molecule has 0 aliphatic heterocycles. The molecule has 0 saturated heterocycles. The number of rotatable bonds is 3. The molecule has 0 bridgehead atoms. The number of anilines is 1. The lowest BCUT2D eigenvalue weighted by atomic mass is 10.2. The lowest BCUT2D eigenvalue weighted by molar-refractivity contribution is 0.155. The predicted octanol–water partition coefficient (Wildman–Crippen LogP) is 4.07. The van der Waals surface area contributed by atoms with Gasteiger partial charge in [-0.3, -0.25) is 10.4 Å². The first kappa shape index (κ1) is 13.6. The Kier molecular flexibility index (Phi) is 3.87. The molecule has 21 heavy (non-hydrogen) atoms. The highest BCUT2D eigenvalue weighted by Crippen LogP contribution is 2.26. The number of ether oxygens (including phenoxy) is 1. The zero-order valence-corrected chi connectivity index (χ0v) is 12.6. The second-order valence-electron chi connectivity index (χ2n) is 4.42. The van der Waals surface area contributed by atoms with Gasteiger partial charge in [-0.05, 0) is 33.6 Å². The third-order valence-corrected chi connectivity index (χ3v) is 3.64. The Bertz CT molecular complexity index is 771. The summed E-state index contributed by atoms with van der Waals surface area (Å²) in [5.41, 5.74) is 1.76. The predicted molar refractivity (Wildman–Crippen MR) is 84.0 cm³/mol. The van der Waals surface area contributed by atoms with Gasteiger partial charge in [-0.2, -0.15) is 5.10 Å². The molecule has 2 aromatic carbocycles. The molecule has 3 aromatic rings. The molecule has 3 rings (SSSR count). The van der Waals surface area contributed by atoms with E-state index in [2.05, 4.69) is 31.4 Å². The van der Waals surface area contributed by atoms with Gasteiger partial charge < -0.3 is 4.74 Å². The summed E-state index contributed by atoms with van der Waals surface area (Å²) in [6, 6.07) is 15.2. The summed E-state index contributed by atoms with van der Waals surface area (Å²) in [5, 5.41) is 10.4. The number of carbonyl (C=O) groups excluding carboxylic acids is 1. The third kappa shape index (κ3) is 3.05. The van der Waals surface area contributed by atoms with Gasteiger partial charge in [0.2, 0.25) is 0 Å². The maximum Gasteiger partial charge on any atom is 0.413 e. The molecule has 2 N–H and O–H groups in total. The van der Waals surface area contributed by atoms with Crippen molar-refractivity contribution < 1.29 is 9.53 Å². The lowest BCUT2D eigenvalue weighted by Crippen LogP contribution is -2.13. The van der Waals surface area contributed by atoms with E-state index in [4.69, 9.17) is 4.74 Å². The highest BCUT2D eigenvalue weighted by molar-refractivity contribution is 9.10. The number of aromatic amines is 1. The smallest absolute Gasteiger partial charge is 0.413 e. The number of hydrogen-bond donors (Lipinski definition) is 2. The molecular weight excluding hydrogens is 334 g/mol. The molecule has 0 spiro atoms. The van der Waals surface area contributed by atoms with Crippen molar-refractivity contribution in [3.8, 4) is 0 Å². The van der Waals surface area contributed by atoms with Crippen molar-refractivity contribution in [3.63, 3.8) is 0 Å². The van der Waals surface area contributed by atoms with Gasteiger partial charge >= 0.3 is 6.09 Å². The van der Waals surface area contributed by atoms with Crippen LogP contribution in [0.25, 0.3) is 10.9 Å². The van der Waals surface area contributed by atoms with E-state index < -0.39 is 6.09 Å². The van der Waals surface area contributed by atoms with Crippen molar-refractivity contribution in [2.45, 2.75) is 6.61 Å². The zero-order chi connectivity index (χ0) is 14.7. The normalized spacial score (nSPS) is 10.5. The summed E-state index contributed by atoms with van der Waals surface area (Å²) >= 11 is 3.42. The molecule has 1 amide bonds. The van der Waals surface area contributed by atoms with Gasteiger partial charge in [0.25, 0.3) is 0 Å². The molecule has 6 heteroatoms. The van der Waals surface area contributed by atoms with Crippen LogP contribution in [0.3, 0.4) is 0 Å². The molecular formula is C15H12BrN3O2. The average molecular weight is 346 g/mol. The quantitative estimate of drug-likeness (QED) is 0.751. The number of amides is 1. The van der Waals surface area contributed by atoms with E-state index in [0.717, 1.165) is 20.9 Å². The summed E-state index contributed by atoms with van der Waals surface area (Å²) in [7, 11) is 0. The van der Waals surface area contributed by atoms with E-state index in [1.54, 1.807) is 0 Å². The molecule has 0 saturated carbocycles. The number of fused-ring (bicyclic) bond motifs is 1. The number of hydrogen-bond acceptors (Lipinski definition) is 3. The molecule has 0 aliphatic carbocycles. The van der Waals surface area contributed by atoms with Gasteiger partial charge in [0.1, 0.15) is 6.61 Å². The van der Waals surface area contributed by atoms with E-state index >= 15 is 0 Å². The standard InChI is InChI=1S/C15H12BrN3O2/c16-12-8-4-7-11-13(12)18-19-14(11)17-15(20)21-9-10-5-2-1-3-6-10/h1-8H,9H2,(H2,17,18,19,20). The maximum atomic E-state index is 11.8. The van der Waals surface area contributed by atoms with Gasteiger partial charge in [0.05, 0.1) is 5.52 Å². The van der Waals surface area contributed by atoms with Gasteiger partial charge in [-0.15, -0.1) is 0 Å². The van der Waals surface area contributed by atoms with E-state index in [-0.39, 0.29) is 6.61 Å². The molecule has 0 atom stereocenters. The number of halogens is 1. The molecule has 1 heterocycles. The Labute approximate surface area is 129 Å². The molecule has 0 fully saturated rings. The Balaban J connectivity index is 1.68. The molecule has 0 aliphatic rings. The van der Waals surface area contributed by atoms with E-state index in [1.807, 2.05) is 48.5 Å². The van der Waals surface area contributed by atoms with E-state index in [0.29, 0.717) is 5.82 Å². The molecule has 106 valence electrons. The second kappa shape index (κ2) is 5.97. The van der Waals surface area contributed by atoms with Gasteiger partial charge in [-0.25, -0.2) is 4.79 Å². The number of para-hydroxylation sites is 1. The summed E-state index contributed by atoms with van der Waals surface area (Å²) in [5.74, 6) is 0.448. The van der Waals surface area contributed by atoms with Crippen LogP contribution in [0.15, 0.2) is 53.0 Å². The van der Waals surface area contributed by atoms with Gasteiger partial charge in [0.15, 0.2) is 5.82 Å². The SMILES string of the molecule is O=C(Nc1n[nH]c2c(Br)cccc12)OCc1ccccc1. The third-order valence-electron chi connectivity index (χ3n) is 2.98. The highest BCUT2D eigenvalue weighted by Gasteiger charge is 2.11. The summed E-state index contributed by atoms with van der Waals surface area (Å²) in [4.78, 5) is 11.8. The van der Waals surface area contributed by atoms with E-state index in [9.17, 15) is 4.79 Å². The van der Waals surface area contributed by atoms with Crippen molar-refractivity contribution in [2.75, 3.05) is 5.32 Å². The number of nitrogens with zero attached hydrogens (tertiary/aromatic N) is 1. The number of carbonyl (C=O) groups is 1. The van der Waals surface area contributed by atoms with Crippen molar-refractivity contribution in [2.24, 2.45) is 0 Å². The first-order chi connectivity index (χ1) is 10.2. The number of H-pyrrole nitrogens is 1. The largest absolute Gasteiger partial charge is 0.444 e. The van der Waals surface area contributed by atoms with Crippen molar-refractivity contribution >= 4 is 38.7 Å². The Hall–Kier alpha value is -2.34. The van der Waals surface area contributed by atoms with Gasteiger partial charge in [0, 0.05) is 9.86 Å². The van der Waals surface area contributed by atoms with Crippen LogP contribution < -0.4 is 5.32 Å². The van der Waals surface area contributed by atoms with Crippen LogP contribution in [0.2, 0.25) is 0 Å². The lowest BCUT2D eigenvalue weighted by Gasteiger charge is -2.05. The van der Waals surface area contributed by atoms with E-state index in [1.165, 1.54) is 0 Å². The Morgan fingerprint density at radius 2 is 2.00 bits per heavy atom. The highest BCUT2D eigenvalue weighted by atomic mass is 79.9. The van der Waals surface area contributed by atoms with Crippen LogP contribution >= 0.6 is 15.9 Å². The minimum Gasteiger partial charge on any atom is -0.444 e. The van der Waals surface area contributed by atoms with Crippen molar-refractivity contribution in [3.05, 3.63) is 58.6 Å². The fourth-order valence-corrected chi connectivity index (χ4v) is 2.41. The van der Waals surface area contributed by atoms with Gasteiger partial charge in [-0.1, -0.05) is 36.4 Å². The topological polar surface area (TPSA) is 67.0 Å². The Morgan fingerprint density at radius 3 is 2.81 bits per heavy atom. The van der Waals surface area contributed by atoms with Crippen LogP contribution in [0.5, 0.6) is 0 Å². The second-order valence-corrected chi connectivity index (χ2v) is 5.28. The number of nitrogens with one attached hydrogen (secondary N) is 2. The monoisotopic (exact) mass is 345 g/mol. The van der Waals surface area contributed by atoms with Crippen LogP contribution in [-0.2, 0) is 11.3 Å². The maximum absolute atomic E-state index is 11.8.